The molecule has 0 radical (unpaired) electrons. The van der Waals surface area contributed by atoms with Crippen LogP contribution in [-0.2, 0) is 0 Å². The lowest BCUT2D eigenvalue weighted by molar-refractivity contribution is 0.131. The third-order valence-electron chi connectivity index (χ3n) is 4.06. The third kappa shape index (κ3) is 4.84. The molecule has 2 unspecified atom stereocenters. The second-order valence-corrected chi connectivity index (χ2v) is 4.96. The number of likely N-dealkylation sites (N-methyl/N-ethyl adjacent to an activating group) is 1. The Balaban J connectivity index is 4.42. The molecule has 0 bridgehead atoms. The molecule has 0 saturated heterocycles. The molecule has 0 rings (SSSR count). The van der Waals surface area contributed by atoms with E-state index in [0.717, 1.165) is 19.0 Å². The lowest BCUT2D eigenvalue weighted by Crippen LogP contribution is -2.46. The molecule has 0 aliphatic heterocycles. The predicted molar refractivity (Wildman–Crippen MR) is 73.6 cm³/mol. The molecule has 0 aromatic carbocycles. The summed E-state index contributed by atoms with van der Waals surface area (Å²) in [6.45, 7) is 14.6. The SMILES string of the molecule is CCC(CC)CN(CC)C(CN)C(C)CC. The average molecular weight is 228 g/mol. The number of hydrogen-bond acceptors (Lipinski definition) is 2. The van der Waals surface area contributed by atoms with Crippen LogP contribution in [0.1, 0.15) is 53.9 Å². The normalized spacial score (nSPS) is 15.8. The van der Waals surface area contributed by atoms with Gasteiger partial charge < -0.3 is 5.73 Å². The van der Waals surface area contributed by atoms with E-state index in [0.29, 0.717) is 12.0 Å². The van der Waals surface area contributed by atoms with E-state index in [1.807, 2.05) is 0 Å². The van der Waals surface area contributed by atoms with E-state index < -0.39 is 0 Å². The van der Waals surface area contributed by atoms with Crippen molar-refractivity contribution in [1.29, 1.82) is 0 Å². The molecule has 2 atom stereocenters. The zero-order valence-corrected chi connectivity index (χ0v) is 12.0. The minimum atomic E-state index is 0.565. The average Bonchev–Trinajstić information content (AvgIpc) is 2.33. The van der Waals surface area contributed by atoms with E-state index in [1.165, 1.54) is 25.8 Å². The molecular formula is C14H32N2. The van der Waals surface area contributed by atoms with Crippen molar-refractivity contribution in [1.82, 2.24) is 4.90 Å². The summed E-state index contributed by atoms with van der Waals surface area (Å²) >= 11 is 0. The fourth-order valence-electron chi connectivity index (χ4n) is 2.39. The van der Waals surface area contributed by atoms with Crippen LogP contribution in [0.2, 0.25) is 0 Å². The Morgan fingerprint density at radius 2 is 1.56 bits per heavy atom. The Kier molecular flexibility index (Phi) is 8.96. The predicted octanol–water partition coefficient (Wildman–Crippen LogP) is 3.12. The molecule has 0 saturated carbocycles. The molecule has 0 heterocycles. The molecule has 0 aliphatic carbocycles. The molecule has 0 amide bonds. The van der Waals surface area contributed by atoms with Gasteiger partial charge in [-0.3, -0.25) is 4.90 Å². The molecule has 0 aromatic heterocycles. The van der Waals surface area contributed by atoms with E-state index >= 15 is 0 Å². The Bertz CT molecular complexity index is 155. The smallest absolute Gasteiger partial charge is 0.0243 e. The first-order valence-electron chi connectivity index (χ1n) is 7.08. The molecule has 0 aromatic rings. The maximum absolute atomic E-state index is 5.94. The van der Waals surface area contributed by atoms with E-state index in [4.69, 9.17) is 5.73 Å². The topological polar surface area (TPSA) is 29.3 Å². The van der Waals surface area contributed by atoms with Gasteiger partial charge in [0, 0.05) is 19.1 Å². The fraction of sp³-hybridized carbons (Fsp3) is 1.00. The van der Waals surface area contributed by atoms with Gasteiger partial charge in [-0.1, -0.05) is 53.9 Å². The van der Waals surface area contributed by atoms with Crippen LogP contribution in [0, 0.1) is 11.8 Å². The Morgan fingerprint density at radius 1 is 1.00 bits per heavy atom. The molecule has 16 heavy (non-hydrogen) atoms. The summed E-state index contributed by atoms with van der Waals surface area (Å²) in [4.78, 5) is 2.59. The van der Waals surface area contributed by atoms with Crippen LogP contribution < -0.4 is 5.73 Å². The van der Waals surface area contributed by atoms with Gasteiger partial charge in [0.1, 0.15) is 0 Å². The van der Waals surface area contributed by atoms with Crippen molar-refractivity contribution < 1.29 is 0 Å². The molecule has 2 nitrogen and oxygen atoms in total. The number of hydrogen-bond donors (Lipinski definition) is 1. The van der Waals surface area contributed by atoms with Gasteiger partial charge in [-0.2, -0.15) is 0 Å². The fourth-order valence-corrected chi connectivity index (χ4v) is 2.39. The van der Waals surface area contributed by atoms with E-state index in [2.05, 4.69) is 39.5 Å². The zero-order valence-electron chi connectivity index (χ0n) is 12.0. The number of nitrogens with two attached hydrogens (primary N) is 1. The molecule has 2 heteroatoms. The van der Waals surface area contributed by atoms with E-state index in [1.54, 1.807) is 0 Å². The molecule has 2 N–H and O–H groups in total. The Labute approximate surface area is 103 Å². The van der Waals surface area contributed by atoms with Crippen LogP contribution in [0.25, 0.3) is 0 Å². The Hall–Kier alpha value is -0.0800. The van der Waals surface area contributed by atoms with Gasteiger partial charge in [0.25, 0.3) is 0 Å². The van der Waals surface area contributed by atoms with Crippen molar-refractivity contribution in [3.05, 3.63) is 0 Å². The molecule has 0 spiro atoms. The largest absolute Gasteiger partial charge is 0.329 e. The first-order valence-corrected chi connectivity index (χ1v) is 7.08. The summed E-state index contributed by atoms with van der Waals surface area (Å²) in [7, 11) is 0. The van der Waals surface area contributed by atoms with Crippen molar-refractivity contribution in [2.45, 2.75) is 59.9 Å². The highest BCUT2D eigenvalue weighted by atomic mass is 15.2. The third-order valence-corrected chi connectivity index (χ3v) is 4.06. The highest BCUT2D eigenvalue weighted by molar-refractivity contribution is 4.78. The van der Waals surface area contributed by atoms with E-state index in [9.17, 15) is 0 Å². The first-order chi connectivity index (χ1) is 7.64. The van der Waals surface area contributed by atoms with Crippen molar-refractivity contribution >= 4 is 0 Å². The second kappa shape index (κ2) is 9.00. The van der Waals surface area contributed by atoms with Crippen molar-refractivity contribution in [3.8, 4) is 0 Å². The Morgan fingerprint density at radius 3 is 1.88 bits per heavy atom. The van der Waals surface area contributed by atoms with Crippen LogP contribution in [0.5, 0.6) is 0 Å². The van der Waals surface area contributed by atoms with Crippen molar-refractivity contribution in [2.75, 3.05) is 19.6 Å². The van der Waals surface area contributed by atoms with Crippen LogP contribution in [0.4, 0.5) is 0 Å². The van der Waals surface area contributed by atoms with Gasteiger partial charge in [0.2, 0.25) is 0 Å². The lowest BCUT2D eigenvalue weighted by atomic mass is 9.95. The van der Waals surface area contributed by atoms with Crippen LogP contribution in [0.15, 0.2) is 0 Å². The number of nitrogens with zero attached hydrogens (tertiary/aromatic N) is 1. The summed E-state index contributed by atoms with van der Waals surface area (Å²) in [6.07, 6.45) is 3.79. The summed E-state index contributed by atoms with van der Waals surface area (Å²) in [5, 5.41) is 0. The van der Waals surface area contributed by atoms with Crippen molar-refractivity contribution in [3.63, 3.8) is 0 Å². The standard InChI is InChI=1S/C14H32N2/c1-6-12(5)14(10-15)16(9-4)11-13(7-2)8-3/h12-14H,6-11,15H2,1-5H3. The molecule has 0 fully saturated rings. The maximum Gasteiger partial charge on any atom is 0.0243 e. The van der Waals surface area contributed by atoms with Crippen molar-refractivity contribution in [2.24, 2.45) is 17.6 Å². The minimum Gasteiger partial charge on any atom is -0.329 e. The maximum atomic E-state index is 5.94. The summed E-state index contributed by atoms with van der Waals surface area (Å²) in [6, 6.07) is 0.565. The van der Waals surface area contributed by atoms with Crippen LogP contribution in [-0.4, -0.2) is 30.6 Å². The van der Waals surface area contributed by atoms with E-state index in [-0.39, 0.29) is 0 Å². The van der Waals surface area contributed by atoms with Gasteiger partial charge in [-0.25, -0.2) is 0 Å². The second-order valence-electron chi connectivity index (χ2n) is 4.96. The quantitative estimate of drug-likeness (QED) is 0.657. The van der Waals surface area contributed by atoms with Crippen LogP contribution in [0.3, 0.4) is 0 Å². The highest BCUT2D eigenvalue weighted by Crippen LogP contribution is 2.17. The summed E-state index contributed by atoms with van der Waals surface area (Å²) in [5.74, 6) is 1.54. The monoisotopic (exact) mass is 228 g/mol. The molecule has 98 valence electrons. The zero-order chi connectivity index (χ0) is 12.6. The summed E-state index contributed by atoms with van der Waals surface area (Å²) in [5.41, 5.74) is 5.94. The molecular weight excluding hydrogens is 196 g/mol. The number of rotatable bonds is 9. The molecule has 0 aliphatic rings. The van der Waals surface area contributed by atoms with Gasteiger partial charge in [-0.15, -0.1) is 0 Å². The van der Waals surface area contributed by atoms with Crippen LogP contribution >= 0.6 is 0 Å². The van der Waals surface area contributed by atoms with Gasteiger partial charge in [-0.05, 0) is 18.4 Å². The first kappa shape index (κ1) is 15.9. The summed E-state index contributed by atoms with van der Waals surface area (Å²) < 4.78 is 0. The van der Waals surface area contributed by atoms with Gasteiger partial charge in [0.05, 0.1) is 0 Å². The highest BCUT2D eigenvalue weighted by Gasteiger charge is 2.22. The van der Waals surface area contributed by atoms with Gasteiger partial charge >= 0.3 is 0 Å². The minimum absolute atomic E-state index is 0.565. The lowest BCUT2D eigenvalue weighted by Gasteiger charge is -2.36. The van der Waals surface area contributed by atoms with Gasteiger partial charge in [0.15, 0.2) is 0 Å².